The van der Waals surface area contributed by atoms with Crippen molar-refractivity contribution in [3.05, 3.63) is 11.8 Å². The predicted octanol–water partition coefficient (Wildman–Crippen LogP) is 2.09. The van der Waals surface area contributed by atoms with E-state index in [1.807, 2.05) is 6.92 Å². The number of nitrogens with one attached hydrogen (secondary N) is 2. The van der Waals surface area contributed by atoms with Gasteiger partial charge in [-0.1, -0.05) is 12.8 Å². The number of hydrogen-bond acceptors (Lipinski definition) is 3. The minimum atomic E-state index is -0.149. The van der Waals surface area contributed by atoms with Crippen LogP contribution in [-0.4, -0.2) is 39.9 Å². The number of nitrogens with zero attached hydrogens (tertiary/aromatic N) is 1. The average molecular weight is 292 g/mol. The van der Waals surface area contributed by atoms with Crippen LogP contribution in [0.5, 0.6) is 0 Å². The van der Waals surface area contributed by atoms with Crippen molar-refractivity contribution < 1.29 is 9.68 Å². The van der Waals surface area contributed by atoms with Crippen LogP contribution in [0.25, 0.3) is 0 Å². The first-order valence-corrected chi connectivity index (χ1v) is 8.71. The maximum Gasteiger partial charge on any atom is 0.351 e. The van der Waals surface area contributed by atoms with Gasteiger partial charge in [-0.05, 0) is 45.6 Å². The fourth-order valence-electron chi connectivity index (χ4n) is 4.03. The molecule has 0 radical (unpaired) electrons. The van der Waals surface area contributed by atoms with Gasteiger partial charge in [-0.25, -0.2) is 5.32 Å². The van der Waals surface area contributed by atoms with Crippen LogP contribution in [0, 0.1) is 0 Å². The molecule has 3 rings (SSSR count). The lowest BCUT2D eigenvalue weighted by molar-refractivity contribution is -0.578. The SMILES string of the molecule is C[C@@H](O)CCCCCC1=C[C@@H]2CC[C@@H]3C[C@H](C)NC(=[N+]32)N1. The normalized spacial score (nSPS) is 32.1. The Hall–Kier alpha value is -1.03. The van der Waals surface area contributed by atoms with Gasteiger partial charge in [-0.3, -0.25) is 9.89 Å². The van der Waals surface area contributed by atoms with E-state index in [0.29, 0.717) is 12.1 Å². The molecule has 4 nitrogen and oxygen atoms in total. The van der Waals surface area contributed by atoms with E-state index in [1.165, 1.54) is 43.8 Å². The molecule has 3 aliphatic heterocycles. The molecule has 0 amide bonds. The van der Waals surface area contributed by atoms with Gasteiger partial charge in [0.2, 0.25) is 0 Å². The second-order valence-corrected chi connectivity index (χ2v) is 7.10. The standard InChI is InChI=1S/C17H29N3O/c1-12-10-15-8-9-16-11-14(19-17(18-12)20(15)16)7-5-3-4-6-13(2)21/h11-13,15-16,21H,3-10H2,1-2H3,(H,18,19)/p+1/t12-,13+,15+,16-/m0/s1. The third kappa shape index (κ3) is 3.42. The highest BCUT2D eigenvalue weighted by Crippen LogP contribution is 2.29. The summed E-state index contributed by atoms with van der Waals surface area (Å²) in [6.45, 7) is 4.16. The molecule has 0 unspecified atom stereocenters. The highest BCUT2D eigenvalue weighted by atomic mass is 16.3. The first-order valence-electron chi connectivity index (χ1n) is 8.71. The maximum atomic E-state index is 9.29. The van der Waals surface area contributed by atoms with Crippen LogP contribution in [-0.2, 0) is 0 Å². The molecule has 1 fully saturated rings. The van der Waals surface area contributed by atoms with Crippen molar-refractivity contribution in [2.45, 2.75) is 89.4 Å². The van der Waals surface area contributed by atoms with Gasteiger partial charge in [-0.15, -0.1) is 0 Å². The molecule has 0 spiro atoms. The van der Waals surface area contributed by atoms with Crippen molar-refractivity contribution in [2.75, 3.05) is 0 Å². The van der Waals surface area contributed by atoms with Crippen molar-refractivity contribution in [1.29, 1.82) is 0 Å². The van der Waals surface area contributed by atoms with Gasteiger partial charge in [0.15, 0.2) is 0 Å². The summed E-state index contributed by atoms with van der Waals surface area (Å²) in [5.74, 6) is 1.25. The molecule has 4 atom stereocenters. The summed E-state index contributed by atoms with van der Waals surface area (Å²) in [6, 6.07) is 1.93. The smallest absolute Gasteiger partial charge is 0.351 e. The Morgan fingerprint density at radius 3 is 3.00 bits per heavy atom. The van der Waals surface area contributed by atoms with E-state index in [1.54, 1.807) is 0 Å². The van der Waals surface area contributed by atoms with Crippen molar-refractivity contribution in [1.82, 2.24) is 10.6 Å². The van der Waals surface area contributed by atoms with E-state index in [2.05, 4.69) is 28.2 Å². The topological polar surface area (TPSA) is 47.3 Å². The average Bonchev–Trinajstić information content (AvgIpc) is 2.82. The van der Waals surface area contributed by atoms with Crippen molar-refractivity contribution in [3.8, 4) is 0 Å². The van der Waals surface area contributed by atoms with E-state index in [4.69, 9.17) is 0 Å². The summed E-state index contributed by atoms with van der Waals surface area (Å²) in [7, 11) is 0. The molecule has 0 aromatic carbocycles. The molecule has 3 N–H and O–H groups in total. The Labute approximate surface area is 128 Å². The number of guanidine groups is 1. The van der Waals surface area contributed by atoms with Crippen molar-refractivity contribution in [2.24, 2.45) is 0 Å². The van der Waals surface area contributed by atoms with E-state index in [-0.39, 0.29) is 6.10 Å². The van der Waals surface area contributed by atoms with E-state index >= 15 is 0 Å². The Morgan fingerprint density at radius 2 is 2.19 bits per heavy atom. The summed E-state index contributed by atoms with van der Waals surface area (Å²) in [5.41, 5.74) is 1.39. The van der Waals surface area contributed by atoms with Gasteiger partial charge >= 0.3 is 5.96 Å². The summed E-state index contributed by atoms with van der Waals surface area (Å²) >= 11 is 0. The van der Waals surface area contributed by atoms with Crippen LogP contribution >= 0.6 is 0 Å². The predicted molar refractivity (Wildman–Crippen MR) is 85.3 cm³/mol. The molecule has 3 aliphatic rings. The molecule has 3 heterocycles. The lowest BCUT2D eigenvalue weighted by atomic mass is 10.1. The zero-order valence-corrected chi connectivity index (χ0v) is 13.4. The Kier molecular flexibility index (Phi) is 4.53. The highest BCUT2D eigenvalue weighted by Gasteiger charge is 2.42. The summed E-state index contributed by atoms with van der Waals surface area (Å²) in [4.78, 5) is 0. The number of aliphatic hydroxyl groups excluding tert-OH is 1. The second-order valence-electron chi connectivity index (χ2n) is 7.10. The monoisotopic (exact) mass is 292 g/mol. The zero-order valence-electron chi connectivity index (χ0n) is 13.4. The summed E-state index contributed by atoms with van der Waals surface area (Å²) in [6.07, 6.45) is 11.8. The molecule has 0 aromatic heterocycles. The largest absolute Gasteiger partial charge is 0.393 e. The van der Waals surface area contributed by atoms with Gasteiger partial charge in [-0.2, -0.15) is 0 Å². The third-order valence-corrected chi connectivity index (χ3v) is 5.05. The zero-order chi connectivity index (χ0) is 14.8. The molecule has 4 heteroatoms. The van der Waals surface area contributed by atoms with Crippen LogP contribution < -0.4 is 10.6 Å². The molecule has 0 bridgehead atoms. The van der Waals surface area contributed by atoms with E-state index in [0.717, 1.165) is 25.3 Å². The second kappa shape index (κ2) is 6.39. The van der Waals surface area contributed by atoms with Crippen LogP contribution in [0.1, 0.15) is 65.2 Å². The Bertz CT molecular complexity index is 441. The van der Waals surface area contributed by atoms with E-state index < -0.39 is 0 Å². The quantitative estimate of drug-likeness (QED) is 0.519. The number of hydrogen-bond donors (Lipinski definition) is 3. The van der Waals surface area contributed by atoms with Crippen molar-refractivity contribution in [3.63, 3.8) is 0 Å². The van der Waals surface area contributed by atoms with Gasteiger partial charge < -0.3 is 5.11 Å². The summed E-state index contributed by atoms with van der Waals surface area (Å²) < 4.78 is 2.57. The molecule has 0 saturated carbocycles. The third-order valence-electron chi connectivity index (χ3n) is 5.05. The van der Waals surface area contributed by atoms with Crippen LogP contribution in [0.3, 0.4) is 0 Å². The van der Waals surface area contributed by atoms with Gasteiger partial charge in [0, 0.05) is 12.8 Å². The van der Waals surface area contributed by atoms with Crippen LogP contribution in [0.15, 0.2) is 11.8 Å². The number of unbranched alkanes of at least 4 members (excludes halogenated alkanes) is 2. The van der Waals surface area contributed by atoms with Gasteiger partial charge in [0.1, 0.15) is 0 Å². The molecular weight excluding hydrogens is 262 g/mol. The number of aliphatic hydroxyl groups is 1. The first-order chi connectivity index (χ1) is 10.1. The Morgan fingerprint density at radius 1 is 1.33 bits per heavy atom. The minimum absolute atomic E-state index is 0.149. The number of rotatable bonds is 6. The van der Waals surface area contributed by atoms with Gasteiger partial charge in [0.05, 0.1) is 29.9 Å². The highest BCUT2D eigenvalue weighted by molar-refractivity contribution is 5.78. The molecular formula is C17H30N3O+. The number of allylic oxidation sites excluding steroid dienone is 1. The lowest BCUT2D eigenvalue weighted by Gasteiger charge is -2.31. The van der Waals surface area contributed by atoms with Crippen LogP contribution in [0.2, 0.25) is 0 Å². The lowest BCUT2D eigenvalue weighted by Crippen LogP contribution is -2.57. The molecule has 1 saturated heterocycles. The fourth-order valence-corrected chi connectivity index (χ4v) is 4.03. The molecule has 0 aliphatic carbocycles. The summed E-state index contributed by atoms with van der Waals surface area (Å²) in [5, 5.41) is 16.5. The Balaban J connectivity index is 1.52. The van der Waals surface area contributed by atoms with E-state index in [9.17, 15) is 5.11 Å². The molecule has 21 heavy (non-hydrogen) atoms. The fraction of sp³-hybridized carbons (Fsp3) is 0.824. The minimum Gasteiger partial charge on any atom is -0.393 e. The van der Waals surface area contributed by atoms with Crippen molar-refractivity contribution >= 4 is 5.96 Å². The first kappa shape index (κ1) is 14.9. The van der Waals surface area contributed by atoms with Gasteiger partial charge in [0.25, 0.3) is 0 Å². The molecule has 0 aromatic rings. The molecule has 118 valence electrons. The van der Waals surface area contributed by atoms with Crippen LogP contribution in [0.4, 0.5) is 0 Å². The maximum absolute atomic E-state index is 9.29.